The molecule has 0 N–H and O–H groups in total. The molecule has 0 radical (unpaired) electrons. The number of hydrogen-bond acceptors (Lipinski definition) is 6. The highest BCUT2D eigenvalue weighted by Gasteiger charge is 2.19. The van der Waals surface area contributed by atoms with Crippen LogP contribution >= 0.6 is 0 Å². The number of unbranched alkanes of at least 4 members (excludes halogenated alkanes) is 48. The van der Waals surface area contributed by atoms with E-state index in [0.29, 0.717) is 19.3 Å². The van der Waals surface area contributed by atoms with Crippen molar-refractivity contribution in [1.82, 2.24) is 0 Å². The van der Waals surface area contributed by atoms with Gasteiger partial charge in [0.05, 0.1) is 0 Å². The fourth-order valence-corrected chi connectivity index (χ4v) is 10.6. The highest BCUT2D eigenvalue weighted by Crippen LogP contribution is 2.18. The SMILES string of the molecule is CCCCC/C=C\C/C=C\CCCCCCCC(=O)OC(COC(=O)CCCCCCCCCCCCCC)COC(=O)CCCCCCCCCCCCCCCCCCCCCCC/C=C\CCCCCCCCCC. The van der Waals surface area contributed by atoms with Crippen LogP contribution in [-0.4, -0.2) is 37.2 Å². The molecule has 0 aliphatic rings. The van der Waals surface area contributed by atoms with Gasteiger partial charge < -0.3 is 14.2 Å². The first-order valence-electron chi connectivity index (χ1n) is 35.0. The molecule has 458 valence electrons. The quantitative estimate of drug-likeness (QED) is 0.0261. The summed E-state index contributed by atoms with van der Waals surface area (Å²) in [5, 5.41) is 0. The van der Waals surface area contributed by atoms with E-state index in [1.165, 1.54) is 263 Å². The molecule has 0 rings (SSSR count). The van der Waals surface area contributed by atoms with Crippen molar-refractivity contribution in [3.05, 3.63) is 36.5 Å². The maximum Gasteiger partial charge on any atom is 0.306 e. The van der Waals surface area contributed by atoms with Crippen molar-refractivity contribution >= 4 is 17.9 Å². The predicted octanol–water partition coefficient (Wildman–Crippen LogP) is 23.9. The van der Waals surface area contributed by atoms with E-state index >= 15 is 0 Å². The molecular formula is C72H134O6. The minimum Gasteiger partial charge on any atom is -0.462 e. The monoisotopic (exact) mass is 1100 g/mol. The second-order valence-electron chi connectivity index (χ2n) is 23.8. The Morgan fingerprint density at radius 1 is 0.256 bits per heavy atom. The lowest BCUT2D eigenvalue weighted by Gasteiger charge is -2.18. The maximum atomic E-state index is 12.9. The molecule has 78 heavy (non-hydrogen) atoms. The average molecular weight is 1100 g/mol. The van der Waals surface area contributed by atoms with Gasteiger partial charge in [-0.3, -0.25) is 14.4 Å². The smallest absolute Gasteiger partial charge is 0.306 e. The van der Waals surface area contributed by atoms with Crippen LogP contribution in [0, 0.1) is 0 Å². The van der Waals surface area contributed by atoms with Crippen LogP contribution in [0.3, 0.4) is 0 Å². The van der Waals surface area contributed by atoms with Crippen molar-refractivity contribution in [2.75, 3.05) is 13.2 Å². The second-order valence-corrected chi connectivity index (χ2v) is 23.8. The van der Waals surface area contributed by atoms with E-state index < -0.39 is 6.10 Å². The normalized spacial score (nSPS) is 12.2. The van der Waals surface area contributed by atoms with Crippen LogP contribution in [0.25, 0.3) is 0 Å². The Labute approximate surface area is 486 Å². The van der Waals surface area contributed by atoms with Crippen molar-refractivity contribution in [3.8, 4) is 0 Å². The summed E-state index contributed by atoms with van der Waals surface area (Å²) in [6.45, 7) is 6.66. The molecule has 1 unspecified atom stereocenters. The number of hydrogen-bond donors (Lipinski definition) is 0. The van der Waals surface area contributed by atoms with Crippen molar-refractivity contribution in [3.63, 3.8) is 0 Å². The van der Waals surface area contributed by atoms with Crippen LogP contribution in [0.1, 0.15) is 387 Å². The molecular weight excluding hydrogens is 961 g/mol. The lowest BCUT2D eigenvalue weighted by atomic mass is 10.0. The third-order valence-electron chi connectivity index (χ3n) is 15.9. The van der Waals surface area contributed by atoms with Gasteiger partial charge in [-0.2, -0.15) is 0 Å². The zero-order chi connectivity index (χ0) is 56.4. The Morgan fingerprint density at radius 3 is 0.744 bits per heavy atom. The summed E-state index contributed by atoms with van der Waals surface area (Å²) >= 11 is 0. The van der Waals surface area contributed by atoms with Gasteiger partial charge in [0.15, 0.2) is 6.10 Å². The van der Waals surface area contributed by atoms with Crippen molar-refractivity contribution in [2.45, 2.75) is 393 Å². The van der Waals surface area contributed by atoms with Crippen LogP contribution < -0.4 is 0 Å². The van der Waals surface area contributed by atoms with E-state index in [2.05, 4.69) is 57.2 Å². The van der Waals surface area contributed by atoms with E-state index in [4.69, 9.17) is 14.2 Å². The lowest BCUT2D eigenvalue weighted by molar-refractivity contribution is -0.167. The van der Waals surface area contributed by atoms with Crippen molar-refractivity contribution in [1.29, 1.82) is 0 Å². The van der Waals surface area contributed by atoms with Gasteiger partial charge in [-0.1, -0.05) is 327 Å². The topological polar surface area (TPSA) is 78.9 Å². The van der Waals surface area contributed by atoms with Crippen LogP contribution in [0.15, 0.2) is 36.5 Å². The zero-order valence-corrected chi connectivity index (χ0v) is 52.7. The fourth-order valence-electron chi connectivity index (χ4n) is 10.6. The molecule has 0 bridgehead atoms. The number of rotatable bonds is 65. The Hall–Kier alpha value is -2.37. The number of allylic oxidation sites excluding steroid dienone is 6. The van der Waals surface area contributed by atoms with Crippen molar-refractivity contribution < 1.29 is 28.6 Å². The molecule has 0 saturated heterocycles. The van der Waals surface area contributed by atoms with Gasteiger partial charge in [-0.15, -0.1) is 0 Å². The Balaban J connectivity index is 4.07. The van der Waals surface area contributed by atoms with E-state index in [9.17, 15) is 14.4 Å². The lowest BCUT2D eigenvalue weighted by Crippen LogP contribution is -2.30. The van der Waals surface area contributed by atoms with Crippen LogP contribution in [0.5, 0.6) is 0 Å². The second kappa shape index (κ2) is 67.1. The fraction of sp³-hybridized carbons (Fsp3) is 0.875. The van der Waals surface area contributed by atoms with Crippen LogP contribution in [-0.2, 0) is 28.6 Å². The van der Waals surface area contributed by atoms with Crippen LogP contribution in [0.2, 0.25) is 0 Å². The predicted molar refractivity (Wildman–Crippen MR) is 339 cm³/mol. The van der Waals surface area contributed by atoms with Gasteiger partial charge in [-0.05, 0) is 77.0 Å². The third kappa shape index (κ3) is 64.5. The summed E-state index contributed by atoms with van der Waals surface area (Å²) in [5.74, 6) is -0.862. The summed E-state index contributed by atoms with van der Waals surface area (Å²) in [6, 6.07) is 0. The van der Waals surface area contributed by atoms with Crippen LogP contribution in [0.4, 0.5) is 0 Å². The van der Waals surface area contributed by atoms with Gasteiger partial charge >= 0.3 is 17.9 Å². The minimum atomic E-state index is -0.776. The number of carbonyl (C=O) groups is 3. The molecule has 6 nitrogen and oxygen atoms in total. The van der Waals surface area contributed by atoms with E-state index in [-0.39, 0.29) is 31.1 Å². The highest BCUT2D eigenvalue weighted by molar-refractivity contribution is 5.71. The summed E-state index contributed by atoms with van der Waals surface area (Å²) in [6.07, 6.45) is 83.3. The molecule has 0 aromatic carbocycles. The van der Waals surface area contributed by atoms with Gasteiger partial charge in [0.25, 0.3) is 0 Å². The van der Waals surface area contributed by atoms with Gasteiger partial charge in [0.2, 0.25) is 0 Å². The van der Waals surface area contributed by atoms with Gasteiger partial charge in [0.1, 0.15) is 13.2 Å². The standard InChI is InChI=1S/C72H134O6/c1-4-7-10-13-16-19-22-25-27-28-29-30-31-32-33-34-35-36-37-38-39-40-41-42-43-44-46-47-50-53-56-59-62-65-71(74)77-68-69(67-76-70(73)64-61-58-55-52-49-24-21-18-15-12-9-6-3)78-72(75)66-63-60-57-54-51-48-45-26-23-20-17-14-11-8-5-2/h17,20,26,28-29,45,69H,4-16,18-19,21-25,27,30-44,46-68H2,1-3H3/b20-17-,29-28-,45-26-. The van der Waals surface area contributed by atoms with E-state index in [0.717, 1.165) is 83.5 Å². The Morgan fingerprint density at radius 2 is 0.462 bits per heavy atom. The summed E-state index contributed by atoms with van der Waals surface area (Å²) < 4.78 is 16.9. The molecule has 0 fully saturated rings. The van der Waals surface area contributed by atoms with Gasteiger partial charge in [-0.25, -0.2) is 0 Å². The minimum absolute atomic E-state index is 0.0725. The molecule has 6 heteroatoms. The average Bonchev–Trinajstić information content (AvgIpc) is 3.44. The Kier molecular flexibility index (Phi) is 65.1. The number of carbonyl (C=O) groups excluding carboxylic acids is 3. The first kappa shape index (κ1) is 75.6. The molecule has 0 aromatic heterocycles. The Bertz CT molecular complexity index is 1300. The van der Waals surface area contributed by atoms with E-state index in [1.54, 1.807) is 0 Å². The third-order valence-corrected chi connectivity index (χ3v) is 15.9. The molecule has 0 aliphatic heterocycles. The zero-order valence-electron chi connectivity index (χ0n) is 52.7. The summed E-state index contributed by atoms with van der Waals surface area (Å²) in [4.78, 5) is 38.3. The number of ether oxygens (including phenoxy) is 3. The molecule has 0 aliphatic carbocycles. The number of esters is 3. The first-order valence-corrected chi connectivity index (χ1v) is 35.0. The van der Waals surface area contributed by atoms with Gasteiger partial charge in [0, 0.05) is 19.3 Å². The largest absolute Gasteiger partial charge is 0.462 e. The highest BCUT2D eigenvalue weighted by atomic mass is 16.6. The van der Waals surface area contributed by atoms with E-state index in [1.807, 2.05) is 0 Å². The summed E-state index contributed by atoms with van der Waals surface area (Å²) in [7, 11) is 0. The molecule has 0 aromatic rings. The molecule has 1 atom stereocenters. The molecule has 0 spiro atoms. The first-order chi connectivity index (χ1) is 38.5. The molecule has 0 amide bonds. The summed E-state index contributed by atoms with van der Waals surface area (Å²) in [5.41, 5.74) is 0. The molecule has 0 saturated carbocycles. The molecule has 0 heterocycles. The van der Waals surface area contributed by atoms with Crippen molar-refractivity contribution in [2.24, 2.45) is 0 Å². The maximum absolute atomic E-state index is 12.9.